The molecule has 0 radical (unpaired) electrons. The van der Waals surface area contributed by atoms with Crippen LogP contribution in [0.25, 0.3) is 10.2 Å². The second-order valence-corrected chi connectivity index (χ2v) is 3.70. The molecule has 0 aliphatic carbocycles. The third-order valence-corrected chi connectivity index (χ3v) is 2.50. The van der Waals surface area contributed by atoms with Crippen molar-refractivity contribution in [3.63, 3.8) is 0 Å². The molecule has 2 rings (SSSR count). The fraction of sp³-hybridized carbons (Fsp3) is 0. The van der Waals surface area contributed by atoms with Crippen LogP contribution in [0.5, 0.6) is 5.75 Å². The third-order valence-electron chi connectivity index (χ3n) is 1.37. The van der Waals surface area contributed by atoms with E-state index < -0.39 is 0 Å². The van der Waals surface area contributed by atoms with Crippen molar-refractivity contribution in [3.05, 3.63) is 22.7 Å². The first-order chi connectivity index (χ1) is 5.27. The number of benzene rings is 1. The van der Waals surface area contributed by atoms with E-state index in [2.05, 4.69) is 4.98 Å². The second kappa shape index (κ2) is 2.36. The summed E-state index contributed by atoms with van der Waals surface area (Å²) in [5, 5.41) is 9.27. The Bertz CT molecular complexity index is 398. The number of halogens is 1. The molecule has 1 heterocycles. The van der Waals surface area contributed by atoms with Crippen LogP contribution in [0.4, 0.5) is 0 Å². The summed E-state index contributed by atoms with van der Waals surface area (Å²) in [6, 6.07) is 5.24. The van der Waals surface area contributed by atoms with E-state index in [1.165, 1.54) is 11.3 Å². The van der Waals surface area contributed by atoms with Crippen molar-refractivity contribution in [2.24, 2.45) is 0 Å². The fourth-order valence-electron chi connectivity index (χ4n) is 0.907. The van der Waals surface area contributed by atoms with E-state index >= 15 is 0 Å². The number of para-hydroxylation sites is 1. The van der Waals surface area contributed by atoms with Crippen LogP contribution in [0.15, 0.2) is 18.2 Å². The first-order valence-electron chi connectivity index (χ1n) is 3.01. The lowest BCUT2D eigenvalue weighted by Crippen LogP contribution is -1.67. The van der Waals surface area contributed by atoms with E-state index in [9.17, 15) is 5.11 Å². The van der Waals surface area contributed by atoms with Gasteiger partial charge in [-0.1, -0.05) is 17.7 Å². The molecule has 0 saturated heterocycles. The summed E-state index contributed by atoms with van der Waals surface area (Å²) in [5.74, 6) is 0.186. The highest BCUT2D eigenvalue weighted by Gasteiger charge is 2.03. The van der Waals surface area contributed by atoms with Gasteiger partial charge in [-0.15, -0.1) is 11.3 Å². The van der Waals surface area contributed by atoms with Crippen molar-refractivity contribution in [3.8, 4) is 5.75 Å². The molecule has 2 aromatic rings. The van der Waals surface area contributed by atoms with Gasteiger partial charge < -0.3 is 5.11 Å². The Morgan fingerprint density at radius 3 is 3.00 bits per heavy atom. The summed E-state index contributed by atoms with van der Waals surface area (Å²) in [4.78, 5) is 3.95. The number of hydrogen-bond donors (Lipinski definition) is 1. The molecule has 0 bridgehead atoms. The number of phenols is 1. The van der Waals surface area contributed by atoms with Gasteiger partial charge in [0.2, 0.25) is 0 Å². The van der Waals surface area contributed by atoms with Crippen molar-refractivity contribution in [2.75, 3.05) is 0 Å². The average molecular weight is 186 g/mol. The van der Waals surface area contributed by atoms with Crippen LogP contribution in [0.1, 0.15) is 0 Å². The summed E-state index contributed by atoms with van der Waals surface area (Å²) < 4.78 is 1.37. The van der Waals surface area contributed by atoms with E-state index in [0.29, 0.717) is 9.98 Å². The molecular formula is C7H4ClNOS. The molecule has 0 spiro atoms. The standard InChI is InChI=1S/C7H4ClNOS/c8-7-9-6-4(10)2-1-3-5(6)11-7/h1-3,10H. The van der Waals surface area contributed by atoms with Crippen LogP contribution >= 0.6 is 22.9 Å². The number of phenolic OH excluding ortho intramolecular Hbond substituents is 1. The van der Waals surface area contributed by atoms with Crippen molar-refractivity contribution >= 4 is 33.2 Å². The average Bonchev–Trinajstić information content (AvgIpc) is 2.31. The molecular weight excluding hydrogens is 182 g/mol. The minimum atomic E-state index is 0.186. The first-order valence-corrected chi connectivity index (χ1v) is 4.21. The van der Waals surface area contributed by atoms with Crippen LogP contribution < -0.4 is 0 Å². The van der Waals surface area contributed by atoms with Gasteiger partial charge in [0, 0.05) is 0 Å². The van der Waals surface area contributed by atoms with Gasteiger partial charge in [0.25, 0.3) is 0 Å². The normalized spacial score (nSPS) is 10.6. The van der Waals surface area contributed by atoms with Crippen LogP contribution in [-0.2, 0) is 0 Å². The highest BCUT2D eigenvalue weighted by molar-refractivity contribution is 7.22. The minimum Gasteiger partial charge on any atom is -0.506 e. The molecule has 0 aliphatic rings. The lowest BCUT2D eigenvalue weighted by molar-refractivity contribution is 0.480. The Kier molecular flexibility index (Phi) is 1.47. The van der Waals surface area contributed by atoms with E-state index in [4.69, 9.17) is 11.6 Å². The Balaban J connectivity index is 2.90. The van der Waals surface area contributed by atoms with Crippen LogP contribution in [0.3, 0.4) is 0 Å². The van der Waals surface area contributed by atoms with E-state index in [1.807, 2.05) is 6.07 Å². The van der Waals surface area contributed by atoms with Crippen molar-refractivity contribution in [1.29, 1.82) is 0 Å². The zero-order valence-corrected chi connectivity index (χ0v) is 6.99. The molecule has 0 fully saturated rings. The fourth-order valence-corrected chi connectivity index (χ4v) is 1.95. The SMILES string of the molecule is Oc1cccc2sc(Cl)nc12. The molecule has 1 aromatic carbocycles. The Hall–Kier alpha value is -0.800. The first kappa shape index (κ1) is 6.88. The van der Waals surface area contributed by atoms with Gasteiger partial charge in [0.15, 0.2) is 4.47 Å². The van der Waals surface area contributed by atoms with E-state index in [-0.39, 0.29) is 5.75 Å². The third kappa shape index (κ3) is 1.06. The smallest absolute Gasteiger partial charge is 0.184 e. The highest BCUT2D eigenvalue weighted by atomic mass is 35.5. The molecule has 56 valence electrons. The lowest BCUT2D eigenvalue weighted by Gasteiger charge is -1.89. The maximum Gasteiger partial charge on any atom is 0.184 e. The molecule has 0 atom stereocenters. The van der Waals surface area contributed by atoms with Gasteiger partial charge in [0.05, 0.1) is 4.70 Å². The van der Waals surface area contributed by atoms with Gasteiger partial charge in [-0.3, -0.25) is 0 Å². The number of thiazole rings is 1. The summed E-state index contributed by atoms with van der Waals surface area (Å²) in [5.41, 5.74) is 0.586. The summed E-state index contributed by atoms with van der Waals surface area (Å²) in [6.07, 6.45) is 0. The largest absolute Gasteiger partial charge is 0.506 e. The monoisotopic (exact) mass is 185 g/mol. The Morgan fingerprint density at radius 1 is 1.45 bits per heavy atom. The van der Waals surface area contributed by atoms with Crippen molar-refractivity contribution in [2.45, 2.75) is 0 Å². The summed E-state index contributed by atoms with van der Waals surface area (Å²) in [7, 11) is 0. The van der Waals surface area contributed by atoms with Crippen LogP contribution in [-0.4, -0.2) is 10.1 Å². The molecule has 0 aliphatic heterocycles. The molecule has 1 N–H and O–H groups in total. The molecule has 4 heteroatoms. The second-order valence-electron chi connectivity index (χ2n) is 2.09. The van der Waals surface area contributed by atoms with Gasteiger partial charge in [-0.05, 0) is 12.1 Å². The number of aromatic hydroxyl groups is 1. The Morgan fingerprint density at radius 2 is 2.27 bits per heavy atom. The molecule has 11 heavy (non-hydrogen) atoms. The number of hydrogen-bond acceptors (Lipinski definition) is 3. The molecule has 0 saturated carbocycles. The maximum atomic E-state index is 9.27. The number of rotatable bonds is 0. The summed E-state index contributed by atoms with van der Waals surface area (Å²) >= 11 is 7.01. The molecule has 1 aromatic heterocycles. The lowest BCUT2D eigenvalue weighted by atomic mass is 10.3. The predicted octanol–water partition coefficient (Wildman–Crippen LogP) is 2.66. The Labute approximate surface area is 72.1 Å². The van der Waals surface area contributed by atoms with Gasteiger partial charge in [-0.25, -0.2) is 4.98 Å². The number of aromatic nitrogens is 1. The van der Waals surface area contributed by atoms with Gasteiger partial charge >= 0.3 is 0 Å². The van der Waals surface area contributed by atoms with Crippen LogP contribution in [0.2, 0.25) is 4.47 Å². The molecule has 0 unspecified atom stereocenters. The highest BCUT2D eigenvalue weighted by Crippen LogP contribution is 2.30. The summed E-state index contributed by atoms with van der Waals surface area (Å²) in [6.45, 7) is 0. The molecule has 2 nitrogen and oxygen atoms in total. The number of fused-ring (bicyclic) bond motifs is 1. The van der Waals surface area contributed by atoms with E-state index in [1.54, 1.807) is 12.1 Å². The maximum absolute atomic E-state index is 9.27. The van der Waals surface area contributed by atoms with E-state index in [0.717, 1.165) is 4.70 Å². The zero-order valence-electron chi connectivity index (χ0n) is 5.41. The van der Waals surface area contributed by atoms with Crippen molar-refractivity contribution < 1.29 is 5.11 Å². The van der Waals surface area contributed by atoms with Crippen LogP contribution in [0, 0.1) is 0 Å². The topological polar surface area (TPSA) is 33.1 Å². The predicted molar refractivity (Wildman–Crippen MR) is 46.3 cm³/mol. The zero-order chi connectivity index (χ0) is 7.84. The van der Waals surface area contributed by atoms with Gasteiger partial charge in [-0.2, -0.15) is 0 Å². The van der Waals surface area contributed by atoms with Gasteiger partial charge in [0.1, 0.15) is 11.3 Å². The quantitative estimate of drug-likeness (QED) is 0.685. The molecule has 0 amide bonds. The van der Waals surface area contributed by atoms with Crippen molar-refractivity contribution in [1.82, 2.24) is 4.98 Å². The minimum absolute atomic E-state index is 0.186. The number of nitrogens with zero attached hydrogens (tertiary/aromatic N) is 1.